The summed E-state index contributed by atoms with van der Waals surface area (Å²) in [5, 5.41) is 33.9. The predicted molar refractivity (Wildman–Crippen MR) is 248 cm³/mol. The molecule has 0 aromatic heterocycles. The predicted octanol–water partition coefficient (Wildman–Crippen LogP) is 7.19. The first-order valence-corrected chi connectivity index (χ1v) is 24.2. The first-order chi connectivity index (χ1) is 30.5. The third-order valence-electron chi connectivity index (χ3n) is 15.0. The van der Waals surface area contributed by atoms with Crippen molar-refractivity contribution in [1.29, 1.82) is 0 Å². The molecule has 0 aromatic carbocycles. The largest absolute Gasteiger partial charge is 0.460 e. The smallest absolute Gasteiger partial charge is 0.329 e. The quantitative estimate of drug-likeness (QED) is 0.143. The standard InChI is InChI=1S/C52H81NO12/c1-31-17-13-12-14-18-36(6)51(8,9)30-39-22-20-37(7)52(61,65-39)48(58)49(59)53-24-16-15-19-40(53)50(60)64-43(33(3)27-38-21-23-41(54)44(28-38)62-10)29-42(55)32(2)26-35(5)46(57)47(63-11)45(56)34(4)25-31/h12-14,17-18,26,31-34,37-41,43-44,46-47,54,57,61H,15-16,19-25,27-30H2,1-11H3/b14-12+,17-13+,35-26+,36-18+/t31-,32-,33-,34-,37-,38+,39+,40+,41-,43+,44-,46-,47+,52-/m1/s1. The molecule has 0 radical (unpaired) electrons. The van der Waals surface area contributed by atoms with E-state index >= 15 is 0 Å². The van der Waals surface area contributed by atoms with Crippen LogP contribution in [0.3, 0.4) is 0 Å². The Morgan fingerprint density at radius 3 is 2.28 bits per heavy atom. The maximum Gasteiger partial charge on any atom is 0.329 e. The van der Waals surface area contributed by atoms with E-state index in [2.05, 4.69) is 13.8 Å². The van der Waals surface area contributed by atoms with Crippen molar-refractivity contribution in [1.82, 2.24) is 4.90 Å². The van der Waals surface area contributed by atoms with E-state index in [0.29, 0.717) is 63.4 Å². The van der Waals surface area contributed by atoms with Crippen LogP contribution in [0.25, 0.3) is 0 Å². The maximum atomic E-state index is 14.4. The number of amides is 1. The molecule has 65 heavy (non-hydrogen) atoms. The van der Waals surface area contributed by atoms with Gasteiger partial charge in [-0.05, 0) is 113 Å². The fraction of sp³-hybridized carbons (Fsp3) is 0.750. The van der Waals surface area contributed by atoms with E-state index in [4.69, 9.17) is 18.9 Å². The van der Waals surface area contributed by atoms with Crippen molar-refractivity contribution in [3.8, 4) is 0 Å². The van der Waals surface area contributed by atoms with Crippen LogP contribution >= 0.6 is 0 Å². The minimum absolute atomic E-state index is 0.0376. The van der Waals surface area contributed by atoms with Gasteiger partial charge in [-0.25, -0.2) is 4.79 Å². The zero-order valence-electron chi connectivity index (χ0n) is 41.1. The molecule has 0 unspecified atom stereocenters. The number of Topliss-reactive ketones (excluding diaryl/α,β-unsaturated/α-hetero) is 3. The highest BCUT2D eigenvalue weighted by molar-refractivity contribution is 6.39. The van der Waals surface area contributed by atoms with Gasteiger partial charge in [0.15, 0.2) is 5.78 Å². The van der Waals surface area contributed by atoms with Crippen LogP contribution < -0.4 is 0 Å². The first-order valence-electron chi connectivity index (χ1n) is 24.2. The van der Waals surface area contributed by atoms with Gasteiger partial charge in [0.05, 0.1) is 18.3 Å². The molecule has 2 saturated heterocycles. The van der Waals surface area contributed by atoms with Gasteiger partial charge in [0, 0.05) is 44.9 Å². The van der Waals surface area contributed by atoms with Gasteiger partial charge in [0.1, 0.15) is 30.1 Å². The van der Waals surface area contributed by atoms with Crippen LogP contribution in [-0.4, -0.2) is 119 Å². The maximum absolute atomic E-state index is 14.4. The Morgan fingerprint density at radius 1 is 0.892 bits per heavy atom. The number of hydrogen-bond acceptors (Lipinski definition) is 12. The second-order valence-corrected chi connectivity index (χ2v) is 20.7. The summed E-state index contributed by atoms with van der Waals surface area (Å²) in [5.74, 6) is -7.75. The molecule has 13 heteroatoms. The van der Waals surface area contributed by atoms with Crippen molar-refractivity contribution >= 4 is 29.2 Å². The van der Waals surface area contributed by atoms with E-state index in [-0.39, 0.29) is 54.8 Å². The highest BCUT2D eigenvalue weighted by atomic mass is 16.6. The van der Waals surface area contributed by atoms with Crippen LogP contribution in [-0.2, 0) is 42.9 Å². The number of ketones is 3. The van der Waals surface area contributed by atoms with Gasteiger partial charge in [-0.1, -0.05) is 90.5 Å². The number of fused-ring (bicyclic) bond motifs is 3. The average molecular weight is 912 g/mol. The van der Waals surface area contributed by atoms with Crippen LogP contribution in [0, 0.1) is 40.9 Å². The van der Waals surface area contributed by atoms with Crippen molar-refractivity contribution in [2.45, 2.75) is 188 Å². The molecule has 0 spiro atoms. The van der Waals surface area contributed by atoms with Gasteiger partial charge in [-0.3, -0.25) is 19.2 Å². The molecule has 13 nitrogen and oxygen atoms in total. The van der Waals surface area contributed by atoms with Crippen molar-refractivity contribution in [2.24, 2.45) is 40.9 Å². The molecule has 3 heterocycles. The molecule has 1 amide bonds. The molecule has 14 atom stereocenters. The fourth-order valence-electron chi connectivity index (χ4n) is 10.2. The van der Waals surface area contributed by atoms with E-state index in [0.717, 1.165) is 12.0 Å². The van der Waals surface area contributed by atoms with Crippen molar-refractivity contribution in [3.05, 3.63) is 47.6 Å². The number of cyclic esters (lactones) is 1. The first kappa shape index (κ1) is 54.3. The Kier molecular flexibility index (Phi) is 20.1. The van der Waals surface area contributed by atoms with Crippen LogP contribution in [0.5, 0.6) is 0 Å². The number of piperidine rings is 1. The number of ether oxygens (including phenoxy) is 4. The lowest BCUT2D eigenvalue weighted by Gasteiger charge is -2.44. The summed E-state index contributed by atoms with van der Waals surface area (Å²) in [7, 11) is 2.96. The number of rotatable bonds is 5. The molecule has 366 valence electrons. The van der Waals surface area contributed by atoms with Gasteiger partial charge in [-0.15, -0.1) is 0 Å². The van der Waals surface area contributed by atoms with E-state index in [1.54, 1.807) is 34.0 Å². The summed E-state index contributed by atoms with van der Waals surface area (Å²) in [6, 6.07) is -1.12. The Labute approximate surface area is 388 Å². The summed E-state index contributed by atoms with van der Waals surface area (Å²) in [4.78, 5) is 71.9. The van der Waals surface area contributed by atoms with Gasteiger partial charge in [0.2, 0.25) is 5.79 Å². The minimum Gasteiger partial charge on any atom is -0.460 e. The summed E-state index contributed by atoms with van der Waals surface area (Å²) < 4.78 is 23.7. The lowest BCUT2D eigenvalue weighted by Crippen LogP contribution is -2.61. The van der Waals surface area contributed by atoms with E-state index in [1.807, 2.05) is 58.1 Å². The summed E-state index contributed by atoms with van der Waals surface area (Å²) in [6.07, 6.45) is 12.3. The molecule has 3 fully saturated rings. The van der Waals surface area contributed by atoms with Crippen molar-refractivity contribution < 1.29 is 58.2 Å². The minimum atomic E-state index is -2.39. The van der Waals surface area contributed by atoms with Crippen LogP contribution in [0.1, 0.15) is 139 Å². The number of methoxy groups -OCH3 is 2. The molecule has 3 aliphatic heterocycles. The Balaban J connectivity index is 1.71. The van der Waals surface area contributed by atoms with Gasteiger partial charge < -0.3 is 39.2 Å². The van der Waals surface area contributed by atoms with Gasteiger partial charge in [-0.2, -0.15) is 0 Å². The van der Waals surface area contributed by atoms with Crippen molar-refractivity contribution in [3.63, 3.8) is 0 Å². The number of carbonyl (C=O) groups is 5. The zero-order chi connectivity index (χ0) is 48.4. The topological polar surface area (TPSA) is 186 Å². The van der Waals surface area contributed by atoms with Gasteiger partial charge in [0.25, 0.3) is 11.7 Å². The van der Waals surface area contributed by atoms with Gasteiger partial charge >= 0.3 is 5.97 Å². The lowest BCUT2D eigenvalue weighted by molar-refractivity contribution is -0.266. The fourth-order valence-corrected chi connectivity index (χ4v) is 10.2. The normalized spacial score (nSPS) is 40.1. The van der Waals surface area contributed by atoms with Crippen molar-refractivity contribution in [2.75, 3.05) is 20.8 Å². The Morgan fingerprint density at radius 2 is 1.60 bits per heavy atom. The molecule has 1 saturated carbocycles. The summed E-state index contributed by atoms with van der Waals surface area (Å²) in [5.41, 5.74) is 1.05. The van der Waals surface area contributed by atoms with E-state index < -0.39 is 83.2 Å². The molecular formula is C52H81NO12. The lowest BCUT2D eigenvalue weighted by atomic mass is 9.76. The van der Waals surface area contributed by atoms with E-state index in [9.17, 15) is 39.3 Å². The number of esters is 1. The Bertz CT molecular complexity index is 1780. The number of allylic oxidation sites excluding steroid dienone is 7. The molecule has 0 aromatic rings. The molecule has 1 aliphatic carbocycles. The van der Waals surface area contributed by atoms with E-state index in [1.165, 1.54) is 12.0 Å². The highest BCUT2D eigenvalue weighted by Gasteiger charge is 2.53. The molecule has 4 rings (SSSR count). The number of nitrogens with zero attached hydrogens (tertiary/aromatic N) is 1. The molecule has 3 N–H and O–H groups in total. The second-order valence-electron chi connectivity index (χ2n) is 20.7. The summed E-state index contributed by atoms with van der Waals surface area (Å²) in [6.45, 7) is 17.1. The SMILES string of the molecule is CO[C@@H]1C[C@H](C[C@@H](C)[C@@H]2CC(=O)[C@H](C)/C=C(\C)[C@@H](O)[C@@H](OC)C(=O)[C@H](C)C[C@H](C)/C=C/C=C/C=C(\C)C(C)(C)C[C@@H]3CC[C@@H](C)[C@@](O)(O3)C(=O)C(=O)N3CCCC[C@H]3C(=O)O2)CC[C@H]1O. The Hall–Kier alpha value is -3.33. The number of aliphatic hydroxyl groups excluding tert-OH is 2. The molecular weight excluding hydrogens is 831 g/mol. The molecule has 4 aliphatic rings. The summed E-state index contributed by atoms with van der Waals surface area (Å²) >= 11 is 0. The zero-order valence-corrected chi connectivity index (χ0v) is 41.1. The van der Waals surface area contributed by atoms with Crippen LogP contribution in [0.2, 0.25) is 0 Å². The van der Waals surface area contributed by atoms with Crippen LogP contribution in [0.4, 0.5) is 0 Å². The number of hydrogen-bond donors (Lipinski definition) is 3. The highest BCUT2D eigenvalue weighted by Crippen LogP contribution is 2.41. The third-order valence-corrected chi connectivity index (χ3v) is 15.0. The number of aliphatic hydroxyl groups is 3. The monoisotopic (exact) mass is 912 g/mol. The molecule has 2 bridgehead atoms. The third kappa shape index (κ3) is 14.1. The average Bonchev–Trinajstić information content (AvgIpc) is 3.26. The van der Waals surface area contributed by atoms with Crippen LogP contribution in [0.15, 0.2) is 47.6 Å². The number of carbonyl (C=O) groups excluding carboxylic acids is 5. The second kappa shape index (κ2) is 24.1.